The number of aliphatic imine (C=N–C) groups is 1. The molecule has 1 aliphatic rings. The minimum Gasteiger partial charge on any atom is -0.382 e. The lowest BCUT2D eigenvalue weighted by Crippen LogP contribution is -2.44. The Hall–Kier alpha value is -0.610. The number of ether oxygens (including phenoxy) is 2. The van der Waals surface area contributed by atoms with Crippen LogP contribution in [0.5, 0.6) is 0 Å². The Kier molecular flexibility index (Phi) is 15.2. The van der Waals surface area contributed by atoms with Crippen molar-refractivity contribution in [1.82, 2.24) is 15.5 Å². The molecule has 0 spiro atoms. The van der Waals surface area contributed by atoms with Gasteiger partial charge in [-0.1, -0.05) is 0 Å². The molecule has 1 atom stereocenters. The highest BCUT2D eigenvalue weighted by Crippen LogP contribution is 2.16. The van der Waals surface area contributed by atoms with Gasteiger partial charge in [-0.3, -0.25) is 9.79 Å². The van der Waals surface area contributed by atoms with Crippen molar-refractivity contribution in [1.29, 1.82) is 0 Å². The predicted octanol–water partition coefficient (Wildman–Crippen LogP) is 1.61. The predicted molar refractivity (Wildman–Crippen MR) is 112 cm³/mol. The minimum atomic E-state index is 0. The molecular formula is C17H35IN4O3. The zero-order chi connectivity index (χ0) is 17.6. The molecule has 2 N–H and O–H groups in total. The summed E-state index contributed by atoms with van der Waals surface area (Å²) in [4.78, 5) is 18.4. The number of nitrogens with zero attached hydrogens (tertiary/aromatic N) is 2. The smallest absolute Gasteiger partial charge is 0.224 e. The number of likely N-dealkylation sites (tertiary alicyclic amines) is 1. The van der Waals surface area contributed by atoms with Crippen LogP contribution < -0.4 is 10.6 Å². The average molecular weight is 470 g/mol. The lowest BCUT2D eigenvalue weighted by molar-refractivity contribution is -0.134. The molecule has 8 heteroatoms. The Bertz CT molecular complexity index is 383. The lowest BCUT2D eigenvalue weighted by atomic mass is 10.0. The first-order chi connectivity index (χ1) is 11.7. The molecule has 1 aliphatic heterocycles. The van der Waals surface area contributed by atoms with Crippen molar-refractivity contribution >= 4 is 35.8 Å². The molecule has 0 aromatic rings. The normalized spacial score (nSPS) is 17.8. The van der Waals surface area contributed by atoms with E-state index in [1.54, 1.807) is 14.2 Å². The summed E-state index contributed by atoms with van der Waals surface area (Å²) >= 11 is 0. The number of guanidine groups is 1. The number of piperidine rings is 1. The molecule has 1 heterocycles. The van der Waals surface area contributed by atoms with Crippen molar-refractivity contribution < 1.29 is 14.3 Å². The highest BCUT2D eigenvalue weighted by molar-refractivity contribution is 14.0. The van der Waals surface area contributed by atoms with Gasteiger partial charge in [0, 0.05) is 52.9 Å². The molecule has 0 aliphatic carbocycles. The Labute approximate surface area is 169 Å². The molecule has 1 unspecified atom stereocenters. The third kappa shape index (κ3) is 10.9. The molecule has 0 bridgehead atoms. The molecule has 1 amide bonds. The lowest BCUT2D eigenvalue weighted by Gasteiger charge is -2.33. The Morgan fingerprint density at radius 2 is 1.96 bits per heavy atom. The monoisotopic (exact) mass is 470 g/mol. The maximum atomic E-state index is 12.3. The summed E-state index contributed by atoms with van der Waals surface area (Å²) in [5, 5.41) is 6.42. The molecule has 25 heavy (non-hydrogen) atoms. The number of amides is 1. The van der Waals surface area contributed by atoms with E-state index in [9.17, 15) is 4.79 Å². The quantitative estimate of drug-likeness (QED) is 0.220. The van der Waals surface area contributed by atoms with E-state index in [1.807, 2.05) is 4.90 Å². The Morgan fingerprint density at radius 3 is 2.64 bits per heavy atom. The highest BCUT2D eigenvalue weighted by Gasteiger charge is 2.22. The molecule has 1 saturated heterocycles. The van der Waals surface area contributed by atoms with Crippen LogP contribution in [0.15, 0.2) is 4.99 Å². The van der Waals surface area contributed by atoms with Crippen LogP contribution in [0.4, 0.5) is 0 Å². The van der Waals surface area contributed by atoms with Crippen molar-refractivity contribution in [3.05, 3.63) is 0 Å². The number of hydrogen-bond acceptors (Lipinski definition) is 4. The van der Waals surface area contributed by atoms with Gasteiger partial charge in [-0.2, -0.15) is 0 Å². The van der Waals surface area contributed by atoms with Gasteiger partial charge in [0.1, 0.15) is 0 Å². The third-order valence-corrected chi connectivity index (χ3v) is 4.17. The number of carbonyl (C=O) groups is 1. The molecule has 1 rings (SSSR count). The second kappa shape index (κ2) is 15.6. The largest absolute Gasteiger partial charge is 0.382 e. The van der Waals surface area contributed by atoms with Gasteiger partial charge in [0.15, 0.2) is 5.96 Å². The summed E-state index contributed by atoms with van der Waals surface area (Å²) in [6, 6.07) is 0.377. The maximum Gasteiger partial charge on any atom is 0.224 e. The summed E-state index contributed by atoms with van der Waals surface area (Å²) in [5.41, 5.74) is 0. The van der Waals surface area contributed by atoms with Gasteiger partial charge < -0.3 is 25.0 Å². The second-order valence-corrected chi connectivity index (χ2v) is 6.07. The van der Waals surface area contributed by atoms with Gasteiger partial charge in [0.05, 0.1) is 13.2 Å². The van der Waals surface area contributed by atoms with E-state index in [4.69, 9.17) is 9.47 Å². The molecule has 148 valence electrons. The number of hydrogen-bond donors (Lipinski definition) is 2. The van der Waals surface area contributed by atoms with Crippen LogP contribution in [0, 0.1) is 0 Å². The number of halogens is 1. The Balaban J connectivity index is 0.00000576. The highest BCUT2D eigenvalue weighted by atomic mass is 127. The van der Waals surface area contributed by atoms with Crippen LogP contribution in [-0.2, 0) is 14.3 Å². The average Bonchev–Trinajstić information content (AvgIpc) is 2.59. The van der Waals surface area contributed by atoms with Crippen LogP contribution in [0.25, 0.3) is 0 Å². The van der Waals surface area contributed by atoms with E-state index in [0.717, 1.165) is 38.3 Å². The van der Waals surface area contributed by atoms with E-state index in [0.29, 0.717) is 38.8 Å². The summed E-state index contributed by atoms with van der Waals surface area (Å²) in [6.07, 6.45) is 4.88. The van der Waals surface area contributed by atoms with Crippen molar-refractivity contribution in [2.24, 2.45) is 4.99 Å². The molecule has 0 saturated carbocycles. The zero-order valence-electron chi connectivity index (χ0n) is 15.9. The van der Waals surface area contributed by atoms with Crippen molar-refractivity contribution in [3.63, 3.8) is 0 Å². The van der Waals surface area contributed by atoms with Crippen LogP contribution in [-0.4, -0.2) is 76.4 Å². The first-order valence-electron chi connectivity index (χ1n) is 8.99. The molecule has 0 aromatic carbocycles. The summed E-state index contributed by atoms with van der Waals surface area (Å²) in [7, 11) is 3.40. The van der Waals surface area contributed by atoms with Crippen molar-refractivity contribution in [3.8, 4) is 0 Å². The van der Waals surface area contributed by atoms with E-state index < -0.39 is 0 Å². The van der Waals surface area contributed by atoms with E-state index >= 15 is 0 Å². The van der Waals surface area contributed by atoms with Crippen LogP contribution in [0.1, 0.15) is 39.0 Å². The topological polar surface area (TPSA) is 75.2 Å². The van der Waals surface area contributed by atoms with Crippen molar-refractivity contribution in [2.75, 3.05) is 53.6 Å². The summed E-state index contributed by atoms with van der Waals surface area (Å²) < 4.78 is 10.3. The molecule has 0 radical (unpaired) electrons. The zero-order valence-corrected chi connectivity index (χ0v) is 18.2. The molecular weight excluding hydrogens is 435 g/mol. The fourth-order valence-electron chi connectivity index (χ4n) is 2.75. The van der Waals surface area contributed by atoms with Gasteiger partial charge in [-0.15, -0.1) is 24.0 Å². The summed E-state index contributed by atoms with van der Waals surface area (Å²) in [6.45, 7) is 6.37. The van der Waals surface area contributed by atoms with Gasteiger partial charge in [-0.25, -0.2) is 0 Å². The third-order valence-electron chi connectivity index (χ3n) is 4.17. The first-order valence-corrected chi connectivity index (χ1v) is 8.99. The number of methoxy groups -OCH3 is 1. The number of nitrogens with one attached hydrogen (secondary N) is 2. The van der Waals surface area contributed by atoms with Crippen LogP contribution in [0.3, 0.4) is 0 Å². The number of carbonyl (C=O) groups excluding carboxylic acids is 1. The first kappa shape index (κ1) is 24.4. The molecule has 1 fully saturated rings. The fraction of sp³-hybridized carbons (Fsp3) is 0.882. The maximum absolute atomic E-state index is 12.3. The number of rotatable bonds is 10. The molecule has 0 aromatic heterocycles. The van der Waals surface area contributed by atoms with E-state index in [-0.39, 0.29) is 29.9 Å². The standard InChI is InChI=1S/C17H34N4O3.HI/c1-15-7-4-5-11-21(15)16(22)8-10-20-17(18-2)19-9-6-12-24-14-13-23-3;/h15H,4-14H2,1-3H3,(H2,18,19,20);1H. The van der Waals surface area contributed by atoms with E-state index in [2.05, 4.69) is 22.5 Å². The fourth-order valence-corrected chi connectivity index (χ4v) is 2.75. The van der Waals surface area contributed by atoms with Crippen LogP contribution >= 0.6 is 24.0 Å². The SMILES string of the molecule is CN=C(NCCCOCCOC)NCCC(=O)N1CCCCC1C.I. The van der Waals surface area contributed by atoms with Crippen molar-refractivity contribution in [2.45, 2.75) is 45.1 Å². The molecule has 7 nitrogen and oxygen atoms in total. The van der Waals surface area contributed by atoms with Gasteiger partial charge in [-0.05, 0) is 32.6 Å². The van der Waals surface area contributed by atoms with Gasteiger partial charge >= 0.3 is 0 Å². The van der Waals surface area contributed by atoms with Crippen LogP contribution in [0.2, 0.25) is 0 Å². The minimum absolute atomic E-state index is 0. The van der Waals surface area contributed by atoms with Gasteiger partial charge in [0.2, 0.25) is 5.91 Å². The Morgan fingerprint density at radius 1 is 1.20 bits per heavy atom. The second-order valence-electron chi connectivity index (χ2n) is 6.07. The van der Waals surface area contributed by atoms with Gasteiger partial charge in [0.25, 0.3) is 0 Å². The van der Waals surface area contributed by atoms with E-state index in [1.165, 1.54) is 6.42 Å². The summed E-state index contributed by atoms with van der Waals surface area (Å²) in [5.74, 6) is 0.961.